The summed E-state index contributed by atoms with van der Waals surface area (Å²) in [6.07, 6.45) is 0.813. The van der Waals surface area contributed by atoms with Crippen LogP contribution in [0.4, 0.5) is 0 Å². The Morgan fingerprint density at radius 1 is 1.50 bits per heavy atom. The number of carboxylic acid groups (broad SMARTS) is 1. The van der Waals surface area contributed by atoms with E-state index in [1.54, 1.807) is 7.11 Å². The van der Waals surface area contributed by atoms with Gasteiger partial charge in [-0.1, -0.05) is 6.07 Å². The van der Waals surface area contributed by atoms with Crippen LogP contribution >= 0.6 is 15.9 Å². The van der Waals surface area contributed by atoms with Gasteiger partial charge < -0.3 is 19.5 Å². The molecule has 6 nitrogen and oxygen atoms in total. The molecule has 1 aliphatic rings. The van der Waals surface area contributed by atoms with Crippen molar-refractivity contribution in [3.05, 3.63) is 28.2 Å². The maximum Gasteiger partial charge on any atom is 0.328 e. The van der Waals surface area contributed by atoms with Gasteiger partial charge in [-0.2, -0.15) is 0 Å². The highest BCUT2D eigenvalue weighted by molar-refractivity contribution is 9.10. The van der Waals surface area contributed by atoms with Crippen LogP contribution in [0.3, 0.4) is 0 Å². The van der Waals surface area contributed by atoms with Crippen molar-refractivity contribution < 1.29 is 24.2 Å². The largest absolute Gasteiger partial charge is 0.496 e. The lowest BCUT2D eigenvalue weighted by Crippen LogP contribution is -2.52. The monoisotopic (exact) mass is 371 g/mol. The summed E-state index contributed by atoms with van der Waals surface area (Å²) in [6.45, 7) is 0.751. The van der Waals surface area contributed by atoms with E-state index in [-0.39, 0.29) is 18.9 Å². The maximum absolute atomic E-state index is 12.3. The molecule has 1 heterocycles. The normalized spacial score (nSPS) is 18.1. The first-order chi connectivity index (χ1) is 10.5. The maximum atomic E-state index is 12.3. The molecule has 1 amide bonds. The number of morpholine rings is 1. The molecule has 120 valence electrons. The van der Waals surface area contributed by atoms with Crippen LogP contribution in [0.15, 0.2) is 22.7 Å². The molecule has 1 unspecified atom stereocenters. The number of carbonyl (C=O) groups is 2. The third-order valence-corrected chi connectivity index (χ3v) is 4.20. The van der Waals surface area contributed by atoms with Crippen molar-refractivity contribution >= 4 is 27.8 Å². The fourth-order valence-corrected chi connectivity index (χ4v) is 2.96. The summed E-state index contributed by atoms with van der Waals surface area (Å²) >= 11 is 3.40. The highest BCUT2D eigenvalue weighted by atomic mass is 79.9. The van der Waals surface area contributed by atoms with Gasteiger partial charge in [0.25, 0.3) is 0 Å². The Morgan fingerprint density at radius 3 is 2.91 bits per heavy atom. The molecule has 1 aromatic rings. The number of carbonyl (C=O) groups excluding carboxylic acids is 1. The highest BCUT2D eigenvalue weighted by Gasteiger charge is 2.32. The number of methoxy groups -OCH3 is 1. The third-order valence-electron chi connectivity index (χ3n) is 3.58. The Bertz CT molecular complexity index is 563. The number of aliphatic carboxylic acids is 1. The van der Waals surface area contributed by atoms with Gasteiger partial charge in [0.15, 0.2) is 6.04 Å². The Labute approximate surface area is 137 Å². The molecule has 0 saturated carbocycles. The predicted octanol–water partition coefficient (Wildman–Crippen LogP) is 1.70. The van der Waals surface area contributed by atoms with E-state index in [4.69, 9.17) is 14.6 Å². The number of hydrogen-bond acceptors (Lipinski definition) is 4. The molecule has 0 spiro atoms. The summed E-state index contributed by atoms with van der Waals surface area (Å²) in [4.78, 5) is 24.8. The number of halogens is 1. The van der Waals surface area contributed by atoms with Gasteiger partial charge in [0.2, 0.25) is 5.91 Å². The van der Waals surface area contributed by atoms with Crippen molar-refractivity contribution in [2.24, 2.45) is 0 Å². The number of ether oxygens (including phenoxy) is 2. The lowest BCUT2D eigenvalue weighted by Gasteiger charge is -2.32. The predicted molar refractivity (Wildman–Crippen MR) is 83.0 cm³/mol. The SMILES string of the molecule is COc1ccc(CCC(=O)N2CCOCC2C(=O)O)cc1Br. The zero-order valence-electron chi connectivity index (χ0n) is 12.3. The van der Waals surface area contributed by atoms with Crippen LogP contribution in [-0.2, 0) is 20.7 Å². The van der Waals surface area contributed by atoms with Gasteiger partial charge in [-0.05, 0) is 40.0 Å². The minimum atomic E-state index is -1.03. The molecule has 1 aliphatic heterocycles. The van der Waals surface area contributed by atoms with Crippen molar-refractivity contribution in [2.45, 2.75) is 18.9 Å². The number of carboxylic acids is 1. The molecule has 1 N–H and O–H groups in total. The second-order valence-electron chi connectivity index (χ2n) is 4.98. The molecule has 2 rings (SSSR count). The van der Waals surface area contributed by atoms with E-state index >= 15 is 0 Å². The molecule has 0 aromatic heterocycles. The lowest BCUT2D eigenvalue weighted by atomic mass is 10.1. The van der Waals surface area contributed by atoms with Gasteiger partial charge in [-0.25, -0.2) is 4.79 Å². The van der Waals surface area contributed by atoms with Crippen molar-refractivity contribution in [3.8, 4) is 5.75 Å². The summed E-state index contributed by atoms with van der Waals surface area (Å²) in [6, 6.07) is 4.74. The molecule has 1 atom stereocenters. The van der Waals surface area contributed by atoms with Gasteiger partial charge in [-0.15, -0.1) is 0 Å². The lowest BCUT2D eigenvalue weighted by molar-refractivity contribution is -0.158. The Morgan fingerprint density at radius 2 is 2.27 bits per heavy atom. The molecule has 0 aliphatic carbocycles. The topological polar surface area (TPSA) is 76.1 Å². The minimum absolute atomic E-state index is 0.0508. The Hall–Kier alpha value is -1.60. The molecule has 0 radical (unpaired) electrons. The number of amides is 1. The van der Waals surface area contributed by atoms with Gasteiger partial charge >= 0.3 is 5.97 Å². The molecule has 1 saturated heterocycles. The second-order valence-corrected chi connectivity index (χ2v) is 5.84. The van der Waals surface area contributed by atoms with E-state index in [1.807, 2.05) is 18.2 Å². The average molecular weight is 372 g/mol. The van der Waals surface area contributed by atoms with Gasteiger partial charge in [0, 0.05) is 13.0 Å². The standard InChI is InChI=1S/C15H18BrNO5/c1-21-13-4-2-10(8-11(13)16)3-5-14(18)17-6-7-22-9-12(17)15(19)20/h2,4,8,12H,3,5-7,9H2,1H3,(H,19,20). The summed E-state index contributed by atoms with van der Waals surface area (Å²) in [5.41, 5.74) is 0.987. The van der Waals surface area contributed by atoms with Crippen molar-refractivity contribution in [2.75, 3.05) is 26.9 Å². The summed E-state index contributed by atoms with van der Waals surface area (Å²) in [5, 5.41) is 9.14. The molecular weight excluding hydrogens is 354 g/mol. The van der Waals surface area contributed by atoms with Crippen LogP contribution in [0, 0.1) is 0 Å². The first-order valence-corrected chi connectivity index (χ1v) is 7.74. The van der Waals surface area contributed by atoms with Gasteiger partial charge in [-0.3, -0.25) is 4.79 Å². The fraction of sp³-hybridized carbons (Fsp3) is 0.467. The number of nitrogens with zero attached hydrogens (tertiary/aromatic N) is 1. The van der Waals surface area contributed by atoms with E-state index in [2.05, 4.69) is 15.9 Å². The number of aryl methyl sites for hydroxylation is 1. The van der Waals surface area contributed by atoms with Crippen LogP contribution in [0.25, 0.3) is 0 Å². The van der Waals surface area contributed by atoms with Crippen molar-refractivity contribution in [1.29, 1.82) is 0 Å². The van der Waals surface area contributed by atoms with E-state index in [1.165, 1.54) is 4.90 Å². The smallest absolute Gasteiger partial charge is 0.328 e. The number of rotatable bonds is 5. The summed E-state index contributed by atoms with van der Waals surface area (Å²) < 4.78 is 11.1. The molecule has 1 aromatic carbocycles. The van der Waals surface area contributed by atoms with Crippen molar-refractivity contribution in [1.82, 2.24) is 4.90 Å². The van der Waals surface area contributed by atoms with E-state index in [0.29, 0.717) is 19.6 Å². The highest BCUT2D eigenvalue weighted by Crippen LogP contribution is 2.26. The Balaban J connectivity index is 1.96. The number of benzene rings is 1. The van der Waals surface area contributed by atoms with Crippen LogP contribution in [0.2, 0.25) is 0 Å². The van der Waals surface area contributed by atoms with E-state index in [9.17, 15) is 9.59 Å². The molecule has 7 heteroatoms. The first-order valence-electron chi connectivity index (χ1n) is 6.95. The van der Waals surface area contributed by atoms with E-state index in [0.717, 1.165) is 15.8 Å². The first kappa shape index (κ1) is 16.8. The summed E-state index contributed by atoms with van der Waals surface area (Å²) in [5.74, 6) is -0.461. The third kappa shape index (κ3) is 3.98. The van der Waals surface area contributed by atoms with Gasteiger partial charge in [0.05, 0.1) is 24.8 Å². The zero-order chi connectivity index (χ0) is 16.1. The molecule has 1 fully saturated rings. The van der Waals surface area contributed by atoms with E-state index < -0.39 is 12.0 Å². The number of hydrogen-bond donors (Lipinski definition) is 1. The molecule has 22 heavy (non-hydrogen) atoms. The molecular formula is C15H18BrNO5. The second kappa shape index (κ2) is 7.60. The van der Waals surface area contributed by atoms with Crippen LogP contribution in [0.5, 0.6) is 5.75 Å². The Kier molecular flexibility index (Phi) is 5.79. The fourth-order valence-electron chi connectivity index (χ4n) is 2.37. The quantitative estimate of drug-likeness (QED) is 0.852. The minimum Gasteiger partial charge on any atom is -0.496 e. The average Bonchev–Trinajstić information content (AvgIpc) is 2.52. The van der Waals surface area contributed by atoms with Gasteiger partial charge in [0.1, 0.15) is 5.75 Å². The van der Waals surface area contributed by atoms with Crippen LogP contribution in [-0.4, -0.2) is 54.8 Å². The van der Waals surface area contributed by atoms with Crippen molar-refractivity contribution in [3.63, 3.8) is 0 Å². The zero-order valence-corrected chi connectivity index (χ0v) is 13.8. The summed E-state index contributed by atoms with van der Waals surface area (Å²) in [7, 11) is 1.59. The van der Waals surface area contributed by atoms with Crippen LogP contribution in [0.1, 0.15) is 12.0 Å². The van der Waals surface area contributed by atoms with Crippen LogP contribution < -0.4 is 4.74 Å². The molecule has 0 bridgehead atoms.